The Kier molecular flexibility index (Phi) is 4.60. The SMILES string of the molecule is CN(C)CCCC1C2=C(CC=CC2)CCc2ccccc21. The highest BCUT2D eigenvalue weighted by Crippen LogP contribution is 2.41. The van der Waals surface area contributed by atoms with E-state index in [4.69, 9.17) is 0 Å². The van der Waals surface area contributed by atoms with Crippen LogP contribution in [0.2, 0.25) is 0 Å². The molecule has 1 heteroatoms. The first kappa shape index (κ1) is 14.6. The van der Waals surface area contributed by atoms with Gasteiger partial charge in [-0.2, -0.15) is 0 Å². The zero-order valence-corrected chi connectivity index (χ0v) is 13.4. The van der Waals surface area contributed by atoms with Crippen LogP contribution in [0.5, 0.6) is 0 Å². The van der Waals surface area contributed by atoms with Crippen molar-refractivity contribution in [3.63, 3.8) is 0 Å². The van der Waals surface area contributed by atoms with Crippen LogP contribution in [-0.4, -0.2) is 25.5 Å². The van der Waals surface area contributed by atoms with Gasteiger partial charge >= 0.3 is 0 Å². The molecule has 0 spiro atoms. The Morgan fingerprint density at radius 1 is 1.05 bits per heavy atom. The van der Waals surface area contributed by atoms with Crippen LogP contribution in [0.15, 0.2) is 47.6 Å². The van der Waals surface area contributed by atoms with Gasteiger partial charge in [0.25, 0.3) is 0 Å². The third kappa shape index (κ3) is 3.29. The second-order valence-electron chi connectivity index (χ2n) is 6.71. The summed E-state index contributed by atoms with van der Waals surface area (Å²) in [6, 6.07) is 9.16. The van der Waals surface area contributed by atoms with Crippen LogP contribution in [0.4, 0.5) is 0 Å². The van der Waals surface area contributed by atoms with Gasteiger partial charge in [0.2, 0.25) is 0 Å². The molecule has 21 heavy (non-hydrogen) atoms. The number of rotatable bonds is 4. The molecule has 1 nitrogen and oxygen atoms in total. The van der Waals surface area contributed by atoms with Crippen molar-refractivity contribution in [1.82, 2.24) is 4.90 Å². The van der Waals surface area contributed by atoms with Crippen molar-refractivity contribution in [1.29, 1.82) is 0 Å². The topological polar surface area (TPSA) is 3.24 Å². The number of hydrogen-bond donors (Lipinski definition) is 0. The molecule has 3 rings (SSSR count). The van der Waals surface area contributed by atoms with Gasteiger partial charge in [0, 0.05) is 5.92 Å². The zero-order valence-electron chi connectivity index (χ0n) is 13.4. The Balaban J connectivity index is 1.88. The molecule has 0 fully saturated rings. The molecule has 2 aliphatic carbocycles. The third-order valence-electron chi connectivity index (χ3n) is 4.97. The molecule has 1 atom stereocenters. The fraction of sp³-hybridized carbons (Fsp3) is 0.500. The Morgan fingerprint density at radius 3 is 2.71 bits per heavy atom. The summed E-state index contributed by atoms with van der Waals surface area (Å²) in [6.45, 7) is 1.19. The molecule has 0 radical (unpaired) electrons. The van der Waals surface area contributed by atoms with Gasteiger partial charge in [0.05, 0.1) is 0 Å². The van der Waals surface area contributed by atoms with Crippen LogP contribution >= 0.6 is 0 Å². The average Bonchev–Trinajstić information content (AvgIpc) is 2.65. The Labute approximate surface area is 129 Å². The lowest BCUT2D eigenvalue weighted by molar-refractivity contribution is 0.388. The van der Waals surface area contributed by atoms with Crippen molar-refractivity contribution in [2.75, 3.05) is 20.6 Å². The van der Waals surface area contributed by atoms with Crippen LogP contribution < -0.4 is 0 Å². The molecule has 1 aromatic rings. The molecular formula is C20H27N. The van der Waals surface area contributed by atoms with Gasteiger partial charge in [-0.3, -0.25) is 0 Å². The molecule has 0 saturated heterocycles. The van der Waals surface area contributed by atoms with Gasteiger partial charge < -0.3 is 4.90 Å². The van der Waals surface area contributed by atoms with E-state index >= 15 is 0 Å². The van der Waals surface area contributed by atoms with Crippen LogP contribution in [0.1, 0.15) is 49.1 Å². The van der Waals surface area contributed by atoms with E-state index in [1.165, 1.54) is 45.1 Å². The number of fused-ring (bicyclic) bond motifs is 1. The molecule has 1 unspecified atom stereocenters. The quantitative estimate of drug-likeness (QED) is 0.723. The Morgan fingerprint density at radius 2 is 1.86 bits per heavy atom. The molecule has 1 aromatic carbocycles. The second kappa shape index (κ2) is 6.62. The summed E-state index contributed by atoms with van der Waals surface area (Å²) in [5.41, 5.74) is 6.66. The normalized spacial score (nSPS) is 21.2. The Hall–Kier alpha value is -1.34. The molecule has 0 aromatic heterocycles. The van der Waals surface area contributed by atoms with E-state index in [1.807, 2.05) is 0 Å². The predicted octanol–water partition coefficient (Wildman–Crippen LogP) is 4.70. The van der Waals surface area contributed by atoms with E-state index in [-0.39, 0.29) is 0 Å². The monoisotopic (exact) mass is 281 g/mol. The predicted molar refractivity (Wildman–Crippen MR) is 90.7 cm³/mol. The van der Waals surface area contributed by atoms with E-state index in [2.05, 4.69) is 55.4 Å². The minimum atomic E-state index is 0.656. The Bertz CT molecular complexity index is 551. The third-order valence-corrected chi connectivity index (χ3v) is 4.97. The van der Waals surface area contributed by atoms with Crippen LogP contribution in [-0.2, 0) is 6.42 Å². The summed E-state index contributed by atoms with van der Waals surface area (Å²) in [6.07, 6.45) is 12.2. The summed E-state index contributed by atoms with van der Waals surface area (Å²) in [5, 5.41) is 0. The molecule has 112 valence electrons. The highest BCUT2D eigenvalue weighted by atomic mass is 15.0. The van der Waals surface area contributed by atoms with Gasteiger partial charge in [-0.1, -0.05) is 47.6 Å². The molecule has 0 amide bonds. The molecule has 0 bridgehead atoms. The van der Waals surface area contributed by atoms with Crippen LogP contribution in [0.25, 0.3) is 0 Å². The molecule has 0 heterocycles. The average molecular weight is 281 g/mol. The second-order valence-corrected chi connectivity index (χ2v) is 6.71. The van der Waals surface area contributed by atoms with E-state index in [0.717, 1.165) is 0 Å². The summed E-state index contributed by atoms with van der Waals surface area (Å²) in [5.74, 6) is 0.656. The van der Waals surface area contributed by atoms with Crippen molar-refractivity contribution in [3.8, 4) is 0 Å². The zero-order chi connectivity index (χ0) is 14.7. The first-order valence-electron chi connectivity index (χ1n) is 8.34. The lowest BCUT2D eigenvalue weighted by Crippen LogP contribution is -2.15. The standard InChI is InChI=1S/C20H27N/c1-21(2)15-7-12-20-18-10-5-3-8-16(18)13-14-17-9-4-6-11-19(17)20/h3-6,8,10,20H,7,9,11-15H2,1-2H3. The van der Waals surface area contributed by atoms with Crippen molar-refractivity contribution in [2.45, 2.75) is 44.4 Å². The minimum Gasteiger partial charge on any atom is -0.309 e. The molecule has 0 saturated carbocycles. The number of aryl methyl sites for hydroxylation is 1. The van der Waals surface area contributed by atoms with Gasteiger partial charge in [0.15, 0.2) is 0 Å². The molecular weight excluding hydrogens is 254 g/mol. The summed E-state index contributed by atoms with van der Waals surface area (Å²) in [4.78, 5) is 2.30. The number of benzene rings is 1. The first-order chi connectivity index (χ1) is 10.3. The van der Waals surface area contributed by atoms with Crippen LogP contribution in [0.3, 0.4) is 0 Å². The van der Waals surface area contributed by atoms with Crippen LogP contribution in [0, 0.1) is 0 Å². The fourth-order valence-electron chi connectivity index (χ4n) is 3.88. The first-order valence-corrected chi connectivity index (χ1v) is 8.34. The largest absolute Gasteiger partial charge is 0.309 e. The summed E-state index contributed by atoms with van der Waals surface area (Å²) < 4.78 is 0. The smallest absolute Gasteiger partial charge is 0.00572 e. The van der Waals surface area contributed by atoms with Crippen molar-refractivity contribution in [3.05, 3.63) is 58.7 Å². The summed E-state index contributed by atoms with van der Waals surface area (Å²) in [7, 11) is 4.35. The number of nitrogens with zero attached hydrogens (tertiary/aromatic N) is 1. The van der Waals surface area contributed by atoms with Gasteiger partial charge in [-0.05, 0) is 70.3 Å². The van der Waals surface area contributed by atoms with Gasteiger partial charge in [0.1, 0.15) is 0 Å². The van der Waals surface area contributed by atoms with Crippen molar-refractivity contribution in [2.24, 2.45) is 0 Å². The molecule has 2 aliphatic rings. The molecule has 0 aliphatic heterocycles. The highest BCUT2D eigenvalue weighted by molar-refractivity contribution is 5.43. The highest BCUT2D eigenvalue weighted by Gasteiger charge is 2.25. The number of hydrogen-bond acceptors (Lipinski definition) is 1. The van der Waals surface area contributed by atoms with Gasteiger partial charge in [-0.15, -0.1) is 0 Å². The molecule has 0 N–H and O–H groups in total. The maximum atomic E-state index is 2.38. The van der Waals surface area contributed by atoms with Gasteiger partial charge in [-0.25, -0.2) is 0 Å². The van der Waals surface area contributed by atoms with Crippen molar-refractivity contribution < 1.29 is 0 Å². The number of allylic oxidation sites excluding steroid dienone is 4. The minimum absolute atomic E-state index is 0.656. The van der Waals surface area contributed by atoms with E-state index in [9.17, 15) is 0 Å². The lowest BCUT2D eigenvalue weighted by atomic mass is 9.81. The maximum absolute atomic E-state index is 2.38. The van der Waals surface area contributed by atoms with E-state index in [1.54, 1.807) is 22.3 Å². The summed E-state index contributed by atoms with van der Waals surface area (Å²) >= 11 is 0. The maximum Gasteiger partial charge on any atom is 0.00572 e. The fourth-order valence-corrected chi connectivity index (χ4v) is 3.88. The van der Waals surface area contributed by atoms with E-state index in [0.29, 0.717) is 5.92 Å². The lowest BCUT2D eigenvalue weighted by Gasteiger charge is -2.25. The van der Waals surface area contributed by atoms with E-state index < -0.39 is 0 Å². The van der Waals surface area contributed by atoms with Crippen molar-refractivity contribution >= 4 is 0 Å².